The van der Waals surface area contributed by atoms with E-state index in [2.05, 4.69) is 13.8 Å². The Hall–Kier alpha value is -4.06. The van der Waals surface area contributed by atoms with Crippen LogP contribution in [0.4, 0.5) is 11.4 Å². The predicted octanol–water partition coefficient (Wildman–Crippen LogP) is 5.72. The molecule has 0 radical (unpaired) electrons. The lowest BCUT2D eigenvalue weighted by Gasteiger charge is -2.26. The number of hydrogen-bond donors (Lipinski definition) is 1. The molecule has 36 heavy (non-hydrogen) atoms. The zero-order valence-electron chi connectivity index (χ0n) is 21.4. The maximum Gasteiger partial charge on any atom is 0.300 e. The third-order valence-electron chi connectivity index (χ3n) is 6.17. The summed E-state index contributed by atoms with van der Waals surface area (Å²) in [5, 5.41) is 11.4. The first-order valence-corrected chi connectivity index (χ1v) is 12.1. The van der Waals surface area contributed by atoms with Gasteiger partial charge in [0.15, 0.2) is 0 Å². The molecule has 1 saturated heterocycles. The smallest absolute Gasteiger partial charge is 0.300 e. The van der Waals surface area contributed by atoms with Crippen LogP contribution >= 0.6 is 0 Å². The number of nitrogens with zero attached hydrogens (tertiary/aromatic N) is 2. The number of carbonyl (C=O) groups is 2. The Morgan fingerprint density at radius 3 is 2.28 bits per heavy atom. The van der Waals surface area contributed by atoms with Crippen LogP contribution in [0.15, 0.2) is 78.4 Å². The van der Waals surface area contributed by atoms with Crippen molar-refractivity contribution in [2.75, 3.05) is 30.5 Å². The lowest BCUT2D eigenvalue weighted by molar-refractivity contribution is -0.132. The van der Waals surface area contributed by atoms with Gasteiger partial charge in [-0.25, -0.2) is 0 Å². The molecule has 1 fully saturated rings. The van der Waals surface area contributed by atoms with Crippen LogP contribution in [0.1, 0.15) is 36.6 Å². The molecule has 186 valence electrons. The number of rotatable bonds is 7. The van der Waals surface area contributed by atoms with Crippen LogP contribution in [-0.4, -0.2) is 37.5 Å². The lowest BCUT2D eigenvalue weighted by atomic mass is 9.94. The molecule has 1 aliphatic heterocycles. The van der Waals surface area contributed by atoms with E-state index in [4.69, 9.17) is 4.74 Å². The molecule has 3 aromatic rings. The molecule has 0 aromatic heterocycles. The summed E-state index contributed by atoms with van der Waals surface area (Å²) in [6.45, 7) is 6.60. The largest absolute Gasteiger partial charge is 0.507 e. The second-order valence-corrected chi connectivity index (χ2v) is 9.72. The molecule has 1 aliphatic rings. The molecule has 0 bridgehead atoms. The molecule has 6 nitrogen and oxygen atoms in total. The highest BCUT2D eigenvalue weighted by Gasteiger charge is 2.47. The molecule has 0 aliphatic carbocycles. The predicted molar refractivity (Wildman–Crippen MR) is 144 cm³/mol. The number of benzene rings is 3. The van der Waals surface area contributed by atoms with Crippen molar-refractivity contribution in [1.82, 2.24) is 0 Å². The molecule has 0 saturated carbocycles. The van der Waals surface area contributed by atoms with Crippen LogP contribution in [0.25, 0.3) is 5.76 Å². The molecule has 1 amide bonds. The van der Waals surface area contributed by atoms with Crippen molar-refractivity contribution in [3.05, 3.63) is 95.1 Å². The Morgan fingerprint density at radius 1 is 1.00 bits per heavy atom. The molecule has 4 rings (SSSR count). The molecule has 1 heterocycles. The summed E-state index contributed by atoms with van der Waals surface area (Å²) in [6, 6.07) is 21.3. The molecule has 1 unspecified atom stereocenters. The summed E-state index contributed by atoms with van der Waals surface area (Å²) in [6.07, 6.45) is 0. The summed E-state index contributed by atoms with van der Waals surface area (Å²) in [4.78, 5) is 30.2. The van der Waals surface area contributed by atoms with Gasteiger partial charge in [0.25, 0.3) is 11.7 Å². The molecule has 1 N–H and O–H groups in total. The van der Waals surface area contributed by atoms with E-state index in [9.17, 15) is 14.7 Å². The van der Waals surface area contributed by atoms with E-state index in [-0.39, 0.29) is 11.3 Å². The fourth-order valence-electron chi connectivity index (χ4n) is 4.23. The van der Waals surface area contributed by atoms with Gasteiger partial charge in [-0.05, 0) is 54.8 Å². The Labute approximate surface area is 212 Å². The van der Waals surface area contributed by atoms with Gasteiger partial charge in [0.2, 0.25) is 0 Å². The highest BCUT2D eigenvalue weighted by Crippen LogP contribution is 2.42. The number of hydrogen-bond acceptors (Lipinski definition) is 5. The lowest BCUT2D eigenvalue weighted by Crippen LogP contribution is -2.29. The summed E-state index contributed by atoms with van der Waals surface area (Å²) in [5.74, 6) is -0.683. The number of ether oxygens (including phenoxy) is 1. The Morgan fingerprint density at radius 2 is 1.67 bits per heavy atom. The quantitative estimate of drug-likeness (QED) is 0.264. The molecular formula is C30H32N2O4. The zero-order chi connectivity index (χ0) is 26.0. The van der Waals surface area contributed by atoms with Crippen molar-refractivity contribution in [2.45, 2.75) is 26.8 Å². The van der Waals surface area contributed by atoms with Crippen molar-refractivity contribution in [3.63, 3.8) is 0 Å². The molecule has 3 aromatic carbocycles. The van der Waals surface area contributed by atoms with Crippen LogP contribution in [0.2, 0.25) is 0 Å². The van der Waals surface area contributed by atoms with Crippen LogP contribution in [0, 0.1) is 12.8 Å². The van der Waals surface area contributed by atoms with Crippen molar-refractivity contribution in [3.8, 4) is 5.75 Å². The summed E-state index contributed by atoms with van der Waals surface area (Å²) < 4.78 is 5.82. The van der Waals surface area contributed by atoms with Gasteiger partial charge < -0.3 is 14.7 Å². The molecular weight excluding hydrogens is 452 g/mol. The van der Waals surface area contributed by atoms with Crippen LogP contribution in [0.3, 0.4) is 0 Å². The molecule has 1 atom stereocenters. The number of aliphatic hydroxyl groups is 1. The second-order valence-electron chi connectivity index (χ2n) is 9.72. The van der Waals surface area contributed by atoms with Gasteiger partial charge in [0.05, 0.1) is 18.2 Å². The SMILES string of the molecule is Cc1ccc(N2C(=O)C(=O)/C(=C(\O)c3cccc(OCC(C)C)c3)C2c2ccc(N(C)C)cc2)cc1. The van der Waals surface area contributed by atoms with E-state index in [1.165, 1.54) is 4.90 Å². The normalized spacial score (nSPS) is 17.1. The van der Waals surface area contributed by atoms with Crippen molar-refractivity contribution in [2.24, 2.45) is 5.92 Å². The second kappa shape index (κ2) is 10.3. The third kappa shape index (κ3) is 4.98. The van der Waals surface area contributed by atoms with Gasteiger partial charge >= 0.3 is 0 Å². The van der Waals surface area contributed by atoms with Gasteiger partial charge in [-0.3, -0.25) is 14.5 Å². The third-order valence-corrected chi connectivity index (χ3v) is 6.17. The van der Waals surface area contributed by atoms with E-state index in [1.54, 1.807) is 18.2 Å². The average Bonchev–Trinajstić information content (AvgIpc) is 3.13. The standard InChI is InChI=1S/C30H32N2O4/c1-19(2)18-36-25-8-6-7-22(17-25)28(33)26-27(21-11-15-23(16-12-21)31(4)5)32(30(35)29(26)34)24-13-9-20(3)10-14-24/h6-17,19,27,33H,18H2,1-5H3/b28-26-. The van der Waals surface area contributed by atoms with E-state index in [0.717, 1.165) is 16.8 Å². The zero-order valence-corrected chi connectivity index (χ0v) is 21.4. The Bertz CT molecular complexity index is 1290. The van der Waals surface area contributed by atoms with Gasteiger partial charge in [0, 0.05) is 31.0 Å². The molecule has 6 heteroatoms. The van der Waals surface area contributed by atoms with Crippen LogP contribution < -0.4 is 14.5 Å². The van der Waals surface area contributed by atoms with Crippen LogP contribution in [-0.2, 0) is 9.59 Å². The van der Waals surface area contributed by atoms with E-state index >= 15 is 0 Å². The first kappa shape index (κ1) is 25.0. The minimum atomic E-state index is -0.774. The monoisotopic (exact) mass is 484 g/mol. The van der Waals surface area contributed by atoms with Crippen LogP contribution in [0.5, 0.6) is 5.75 Å². The minimum Gasteiger partial charge on any atom is -0.507 e. The summed E-state index contributed by atoms with van der Waals surface area (Å²) in [7, 11) is 3.89. The van der Waals surface area contributed by atoms with E-state index in [1.807, 2.05) is 80.5 Å². The van der Waals surface area contributed by atoms with Crippen molar-refractivity contribution in [1.29, 1.82) is 0 Å². The number of aryl methyl sites for hydroxylation is 1. The maximum atomic E-state index is 13.4. The average molecular weight is 485 g/mol. The van der Waals surface area contributed by atoms with Gasteiger partial charge in [-0.1, -0.05) is 55.8 Å². The summed E-state index contributed by atoms with van der Waals surface area (Å²) in [5.41, 5.74) is 3.83. The number of carbonyl (C=O) groups excluding carboxylic acids is 2. The van der Waals surface area contributed by atoms with Crippen molar-refractivity contribution < 1.29 is 19.4 Å². The topological polar surface area (TPSA) is 70.1 Å². The first-order valence-electron chi connectivity index (χ1n) is 12.1. The van der Waals surface area contributed by atoms with Gasteiger partial charge in [-0.2, -0.15) is 0 Å². The summed E-state index contributed by atoms with van der Waals surface area (Å²) >= 11 is 0. The highest BCUT2D eigenvalue weighted by molar-refractivity contribution is 6.51. The number of aliphatic hydroxyl groups excluding tert-OH is 1. The number of ketones is 1. The van der Waals surface area contributed by atoms with E-state index < -0.39 is 17.7 Å². The number of amides is 1. The Balaban J connectivity index is 1.85. The van der Waals surface area contributed by atoms with Gasteiger partial charge in [0.1, 0.15) is 11.5 Å². The van der Waals surface area contributed by atoms with E-state index in [0.29, 0.717) is 29.5 Å². The maximum absolute atomic E-state index is 13.4. The van der Waals surface area contributed by atoms with Crippen molar-refractivity contribution >= 4 is 28.8 Å². The number of Topliss-reactive ketones (excluding diaryl/α,β-unsaturated/α-hetero) is 1. The fourth-order valence-corrected chi connectivity index (χ4v) is 4.23. The molecule has 0 spiro atoms. The highest BCUT2D eigenvalue weighted by atomic mass is 16.5. The fraction of sp³-hybridized carbons (Fsp3) is 0.267. The minimum absolute atomic E-state index is 0.0548. The Kier molecular flexibility index (Phi) is 7.15. The van der Waals surface area contributed by atoms with Gasteiger partial charge in [-0.15, -0.1) is 0 Å². The first-order chi connectivity index (χ1) is 17.2. The number of anilines is 2.